The molecule has 3 aromatic rings. The molecule has 0 saturated heterocycles. The number of benzene rings is 2. The lowest BCUT2D eigenvalue weighted by Gasteiger charge is -2.17. The average molecular weight is 321 g/mol. The Morgan fingerprint density at radius 1 is 1.17 bits per heavy atom. The maximum absolute atomic E-state index is 11.5. The molecule has 24 heavy (non-hydrogen) atoms. The van der Waals surface area contributed by atoms with Gasteiger partial charge in [0.05, 0.1) is 19.0 Å². The molecule has 0 spiro atoms. The Morgan fingerprint density at radius 2 is 1.92 bits per heavy atom. The Hall–Kier alpha value is -3.08. The molecule has 0 aliphatic carbocycles. The van der Waals surface area contributed by atoms with E-state index in [9.17, 15) is 4.79 Å². The first-order chi connectivity index (χ1) is 11.6. The lowest BCUT2D eigenvalue weighted by Crippen LogP contribution is -2.14. The van der Waals surface area contributed by atoms with E-state index in [1.165, 1.54) is 17.9 Å². The van der Waals surface area contributed by atoms with Gasteiger partial charge in [-0.15, -0.1) is 0 Å². The zero-order valence-electron chi connectivity index (χ0n) is 13.6. The summed E-state index contributed by atoms with van der Waals surface area (Å²) in [4.78, 5) is 15.6. The van der Waals surface area contributed by atoms with Crippen molar-refractivity contribution in [3.05, 3.63) is 65.9 Å². The molecular weight excluding hydrogens is 302 g/mol. The van der Waals surface area contributed by atoms with E-state index in [0.29, 0.717) is 5.69 Å². The lowest BCUT2D eigenvalue weighted by molar-refractivity contribution is 0.0996. The highest BCUT2D eigenvalue weighted by Crippen LogP contribution is 2.25. The first-order valence-electron chi connectivity index (χ1n) is 7.67. The maximum Gasteiger partial charge on any atom is 0.254 e. The average Bonchev–Trinajstić information content (AvgIpc) is 2.61. The second kappa shape index (κ2) is 6.58. The number of rotatable bonds is 5. The quantitative estimate of drug-likeness (QED) is 0.754. The van der Waals surface area contributed by atoms with Gasteiger partial charge in [-0.2, -0.15) is 0 Å². The van der Waals surface area contributed by atoms with E-state index in [0.717, 1.165) is 5.56 Å². The van der Waals surface area contributed by atoms with Gasteiger partial charge in [-0.25, -0.2) is 4.98 Å². The topological polar surface area (TPSA) is 77.2 Å². The molecule has 0 saturated carbocycles. The van der Waals surface area contributed by atoms with Crippen LogP contribution in [-0.2, 0) is 0 Å². The number of nitrogens with two attached hydrogens (primary N) is 1. The fraction of sp³-hybridized carbons (Fsp3) is 0.158. The zero-order chi connectivity index (χ0) is 17.1. The van der Waals surface area contributed by atoms with E-state index >= 15 is 0 Å². The summed E-state index contributed by atoms with van der Waals surface area (Å²) in [5.74, 6) is -0.340. The number of fused-ring (bicyclic) bond motifs is 1. The molecule has 0 bridgehead atoms. The van der Waals surface area contributed by atoms with Gasteiger partial charge in [-0.1, -0.05) is 36.4 Å². The second-order valence-corrected chi connectivity index (χ2v) is 5.62. The molecular formula is C19H19N3O2. The standard InChI is InChI=1S/C19H19N3O2/c1-12(14-8-7-13-5-3-4-6-15(13)9-14)22-16-10-17(18(20)23)19(24-2)21-11-16/h3-12,22H,1-2H3,(H2,20,23). The minimum atomic E-state index is -0.568. The van der Waals surface area contributed by atoms with Crippen LogP contribution in [0.15, 0.2) is 54.7 Å². The number of methoxy groups -OCH3 is 1. The van der Waals surface area contributed by atoms with Gasteiger partial charge in [0.2, 0.25) is 5.88 Å². The fourth-order valence-electron chi connectivity index (χ4n) is 2.68. The largest absolute Gasteiger partial charge is 0.480 e. The maximum atomic E-state index is 11.5. The number of nitrogens with zero attached hydrogens (tertiary/aromatic N) is 1. The van der Waals surface area contributed by atoms with E-state index in [4.69, 9.17) is 10.5 Å². The van der Waals surface area contributed by atoms with Crippen molar-refractivity contribution in [2.24, 2.45) is 5.73 Å². The second-order valence-electron chi connectivity index (χ2n) is 5.62. The van der Waals surface area contributed by atoms with Crippen LogP contribution in [0.3, 0.4) is 0 Å². The fourth-order valence-corrected chi connectivity index (χ4v) is 2.68. The number of hydrogen-bond acceptors (Lipinski definition) is 4. The van der Waals surface area contributed by atoms with Crippen molar-refractivity contribution in [2.75, 3.05) is 12.4 Å². The number of carbonyl (C=O) groups is 1. The summed E-state index contributed by atoms with van der Waals surface area (Å²) >= 11 is 0. The Bertz CT molecular complexity index is 893. The number of aromatic nitrogens is 1. The highest BCUT2D eigenvalue weighted by molar-refractivity contribution is 5.96. The summed E-state index contributed by atoms with van der Waals surface area (Å²) in [6.45, 7) is 2.05. The van der Waals surface area contributed by atoms with Crippen LogP contribution in [0.2, 0.25) is 0 Å². The van der Waals surface area contributed by atoms with Crippen LogP contribution in [0.5, 0.6) is 5.88 Å². The normalized spacial score (nSPS) is 11.9. The molecule has 1 aromatic heterocycles. The van der Waals surface area contributed by atoms with Crippen LogP contribution in [0.4, 0.5) is 5.69 Å². The monoisotopic (exact) mass is 321 g/mol. The van der Waals surface area contributed by atoms with Crippen LogP contribution in [0.25, 0.3) is 10.8 Å². The molecule has 3 N–H and O–H groups in total. The molecule has 2 aromatic carbocycles. The van der Waals surface area contributed by atoms with E-state index in [1.54, 1.807) is 12.3 Å². The molecule has 5 nitrogen and oxygen atoms in total. The number of carbonyl (C=O) groups excluding carboxylic acids is 1. The number of hydrogen-bond donors (Lipinski definition) is 2. The SMILES string of the molecule is COc1ncc(NC(C)c2ccc3ccccc3c2)cc1C(N)=O. The first kappa shape index (κ1) is 15.8. The summed E-state index contributed by atoms with van der Waals surface area (Å²) in [5.41, 5.74) is 7.49. The van der Waals surface area contributed by atoms with Crippen LogP contribution < -0.4 is 15.8 Å². The third-order valence-electron chi connectivity index (χ3n) is 3.97. The summed E-state index contributed by atoms with van der Waals surface area (Å²) < 4.78 is 5.06. The molecule has 0 aliphatic rings. The molecule has 1 heterocycles. The number of pyridine rings is 1. The molecule has 1 atom stereocenters. The minimum absolute atomic E-state index is 0.0468. The van der Waals surface area contributed by atoms with E-state index in [2.05, 4.69) is 47.6 Å². The van der Waals surface area contributed by atoms with Gasteiger partial charge in [0, 0.05) is 6.04 Å². The van der Waals surface area contributed by atoms with Gasteiger partial charge in [0.25, 0.3) is 5.91 Å². The van der Waals surface area contributed by atoms with E-state index in [1.807, 2.05) is 12.1 Å². The van der Waals surface area contributed by atoms with Crippen LogP contribution >= 0.6 is 0 Å². The third kappa shape index (κ3) is 3.15. The highest BCUT2D eigenvalue weighted by Gasteiger charge is 2.13. The van der Waals surface area contributed by atoms with Gasteiger partial charge in [-0.3, -0.25) is 4.79 Å². The van der Waals surface area contributed by atoms with Gasteiger partial charge in [0.15, 0.2) is 0 Å². The van der Waals surface area contributed by atoms with Crippen molar-refractivity contribution < 1.29 is 9.53 Å². The molecule has 0 aliphatic heterocycles. The number of anilines is 1. The summed E-state index contributed by atoms with van der Waals surface area (Å²) in [6.07, 6.45) is 1.63. The van der Waals surface area contributed by atoms with Gasteiger partial charge in [-0.05, 0) is 35.4 Å². The predicted molar refractivity (Wildman–Crippen MR) is 95.3 cm³/mol. The van der Waals surface area contributed by atoms with E-state index < -0.39 is 5.91 Å². The minimum Gasteiger partial charge on any atom is -0.480 e. The zero-order valence-corrected chi connectivity index (χ0v) is 13.6. The van der Waals surface area contributed by atoms with Crippen LogP contribution in [-0.4, -0.2) is 18.0 Å². The summed E-state index contributed by atoms with van der Waals surface area (Å²) in [5, 5.41) is 5.74. The molecule has 3 rings (SSSR count). The van der Waals surface area contributed by atoms with Gasteiger partial charge in [0.1, 0.15) is 5.56 Å². The highest BCUT2D eigenvalue weighted by atomic mass is 16.5. The Kier molecular flexibility index (Phi) is 4.33. The Labute approximate surface area is 140 Å². The Morgan fingerprint density at radius 3 is 2.62 bits per heavy atom. The van der Waals surface area contributed by atoms with Crippen molar-refractivity contribution in [3.63, 3.8) is 0 Å². The molecule has 0 fully saturated rings. The van der Waals surface area contributed by atoms with Crippen molar-refractivity contribution in [3.8, 4) is 5.88 Å². The number of ether oxygens (including phenoxy) is 1. The van der Waals surface area contributed by atoms with Crippen LogP contribution in [0, 0.1) is 0 Å². The number of primary amides is 1. The van der Waals surface area contributed by atoms with Gasteiger partial charge < -0.3 is 15.8 Å². The molecule has 0 radical (unpaired) electrons. The van der Waals surface area contributed by atoms with Crippen molar-refractivity contribution in [1.82, 2.24) is 4.98 Å². The van der Waals surface area contributed by atoms with Crippen molar-refractivity contribution >= 4 is 22.4 Å². The van der Waals surface area contributed by atoms with E-state index in [-0.39, 0.29) is 17.5 Å². The predicted octanol–water partition coefficient (Wildman–Crippen LogP) is 3.52. The molecule has 122 valence electrons. The van der Waals surface area contributed by atoms with Crippen molar-refractivity contribution in [1.29, 1.82) is 0 Å². The molecule has 1 amide bonds. The number of nitrogens with one attached hydrogen (secondary N) is 1. The summed E-state index contributed by atoms with van der Waals surface area (Å²) in [7, 11) is 1.46. The summed E-state index contributed by atoms with van der Waals surface area (Å²) in [6, 6.07) is 16.3. The smallest absolute Gasteiger partial charge is 0.254 e. The third-order valence-corrected chi connectivity index (χ3v) is 3.97. The van der Waals surface area contributed by atoms with Crippen molar-refractivity contribution in [2.45, 2.75) is 13.0 Å². The van der Waals surface area contributed by atoms with Gasteiger partial charge >= 0.3 is 0 Å². The number of amides is 1. The lowest BCUT2D eigenvalue weighted by atomic mass is 10.0. The Balaban J connectivity index is 1.86. The molecule has 1 unspecified atom stereocenters. The van der Waals surface area contributed by atoms with Crippen LogP contribution in [0.1, 0.15) is 28.9 Å². The molecule has 5 heteroatoms. The first-order valence-corrected chi connectivity index (χ1v) is 7.67.